The predicted molar refractivity (Wildman–Crippen MR) is 56.4 cm³/mol. The lowest BCUT2D eigenvalue weighted by atomic mass is 9.64. The first-order valence-corrected chi connectivity index (χ1v) is 5.60. The van der Waals surface area contributed by atoms with Crippen molar-refractivity contribution >= 4 is 5.97 Å². The number of rotatable bonds is 4. The van der Waals surface area contributed by atoms with Gasteiger partial charge in [-0.2, -0.15) is 13.2 Å². The van der Waals surface area contributed by atoms with Crippen molar-refractivity contribution in [3.8, 4) is 0 Å². The Balaban J connectivity index is 2.62. The zero-order valence-corrected chi connectivity index (χ0v) is 10.2. The van der Waals surface area contributed by atoms with Crippen LogP contribution in [-0.2, 0) is 9.53 Å². The van der Waals surface area contributed by atoms with Gasteiger partial charge in [0.1, 0.15) is 5.54 Å². The molecule has 0 aliphatic heterocycles. The van der Waals surface area contributed by atoms with E-state index in [2.05, 4.69) is 10.1 Å². The van der Waals surface area contributed by atoms with Crippen LogP contribution in [0, 0.1) is 11.8 Å². The van der Waals surface area contributed by atoms with E-state index in [0.29, 0.717) is 18.8 Å². The monoisotopic (exact) mass is 253 g/mol. The van der Waals surface area contributed by atoms with Crippen LogP contribution in [0.4, 0.5) is 13.2 Å². The Morgan fingerprint density at radius 3 is 2.35 bits per heavy atom. The van der Waals surface area contributed by atoms with E-state index >= 15 is 0 Å². The van der Waals surface area contributed by atoms with Gasteiger partial charge < -0.3 is 4.74 Å². The maximum atomic E-state index is 12.2. The topological polar surface area (TPSA) is 38.3 Å². The Labute approximate surface area is 98.7 Å². The van der Waals surface area contributed by atoms with E-state index in [9.17, 15) is 18.0 Å². The first-order chi connectivity index (χ1) is 7.70. The maximum absolute atomic E-state index is 12.2. The van der Waals surface area contributed by atoms with E-state index in [1.807, 2.05) is 13.8 Å². The van der Waals surface area contributed by atoms with Crippen molar-refractivity contribution in [2.75, 3.05) is 13.7 Å². The van der Waals surface area contributed by atoms with E-state index < -0.39 is 24.2 Å². The van der Waals surface area contributed by atoms with Gasteiger partial charge in [-0.3, -0.25) is 10.1 Å². The summed E-state index contributed by atoms with van der Waals surface area (Å²) < 4.78 is 41.0. The molecule has 0 amide bonds. The Kier molecular flexibility index (Phi) is 4.06. The summed E-state index contributed by atoms with van der Waals surface area (Å²) in [6.45, 7) is 2.83. The highest BCUT2D eigenvalue weighted by molar-refractivity contribution is 5.82. The smallest absolute Gasteiger partial charge is 0.401 e. The Morgan fingerprint density at radius 2 is 2.00 bits per heavy atom. The number of hydrogen-bond donors (Lipinski definition) is 1. The Hall–Kier alpha value is -0.780. The second kappa shape index (κ2) is 4.84. The summed E-state index contributed by atoms with van der Waals surface area (Å²) in [5, 5.41) is 2.31. The highest BCUT2D eigenvalue weighted by Gasteiger charge is 2.52. The van der Waals surface area contributed by atoms with Crippen LogP contribution in [0.15, 0.2) is 0 Å². The molecule has 1 N–H and O–H groups in total. The molecule has 0 radical (unpaired) electrons. The summed E-state index contributed by atoms with van der Waals surface area (Å²) in [6, 6.07) is 0. The molecule has 100 valence electrons. The summed E-state index contributed by atoms with van der Waals surface area (Å²) in [6.07, 6.45) is -3.50. The molecule has 0 unspecified atom stereocenters. The Bertz CT molecular complexity index is 283. The van der Waals surface area contributed by atoms with Crippen molar-refractivity contribution in [1.29, 1.82) is 0 Å². The minimum atomic E-state index is -4.32. The van der Waals surface area contributed by atoms with E-state index in [1.165, 1.54) is 7.11 Å². The van der Waals surface area contributed by atoms with Gasteiger partial charge >= 0.3 is 12.1 Å². The Morgan fingerprint density at radius 1 is 1.47 bits per heavy atom. The van der Waals surface area contributed by atoms with Crippen molar-refractivity contribution in [2.24, 2.45) is 11.8 Å². The number of ether oxygens (including phenoxy) is 1. The van der Waals surface area contributed by atoms with Crippen LogP contribution in [0.3, 0.4) is 0 Å². The second-order valence-corrected chi connectivity index (χ2v) is 4.95. The molecule has 6 heteroatoms. The summed E-state index contributed by atoms with van der Waals surface area (Å²) in [5.41, 5.74) is -1.14. The summed E-state index contributed by atoms with van der Waals surface area (Å²) >= 11 is 0. The molecule has 1 saturated carbocycles. The molecule has 0 atom stereocenters. The van der Waals surface area contributed by atoms with E-state index in [0.717, 1.165) is 0 Å². The van der Waals surface area contributed by atoms with Gasteiger partial charge in [0, 0.05) is 0 Å². The number of carbonyl (C=O) groups is 1. The molecule has 1 aliphatic rings. The fraction of sp³-hybridized carbons (Fsp3) is 0.909. The molecule has 1 fully saturated rings. The fourth-order valence-corrected chi connectivity index (χ4v) is 2.15. The second-order valence-electron chi connectivity index (χ2n) is 4.95. The normalized spacial score (nSPS) is 29.0. The average molecular weight is 253 g/mol. The zero-order valence-electron chi connectivity index (χ0n) is 10.2. The lowest BCUT2D eigenvalue weighted by molar-refractivity contribution is -0.162. The molecule has 3 nitrogen and oxygen atoms in total. The zero-order chi connectivity index (χ0) is 13.3. The van der Waals surface area contributed by atoms with Crippen LogP contribution >= 0.6 is 0 Å². The van der Waals surface area contributed by atoms with Crippen LogP contribution in [0.1, 0.15) is 26.7 Å². The van der Waals surface area contributed by atoms with Crippen LogP contribution in [0.5, 0.6) is 0 Å². The SMILES string of the molecule is COC(=O)C1(NCC(F)(F)F)CC(C(C)C)C1. The van der Waals surface area contributed by atoms with Gasteiger partial charge in [0.05, 0.1) is 13.7 Å². The molecular weight excluding hydrogens is 235 g/mol. The van der Waals surface area contributed by atoms with Gasteiger partial charge in [-0.1, -0.05) is 13.8 Å². The number of esters is 1. The van der Waals surface area contributed by atoms with Gasteiger partial charge in [0.25, 0.3) is 0 Å². The van der Waals surface area contributed by atoms with E-state index in [4.69, 9.17) is 0 Å². The fourth-order valence-electron chi connectivity index (χ4n) is 2.15. The van der Waals surface area contributed by atoms with Gasteiger partial charge in [-0.25, -0.2) is 0 Å². The van der Waals surface area contributed by atoms with E-state index in [1.54, 1.807) is 0 Å². The molecule has 0 aromatic rings. The molecule has 0 aromatic carbocycles. The molecule has 17 heavy (non-hydrogen) atoms. The minimum absolute atomic E-state index is 0.273. The van der Waals surface area contributed by atoms with Crippen LogP contribution in [0.2, 0.25) is 0 Å². The van der Waals surface area contributed by atoms with Crippen molar-refractivity contribution < 1.29 is 22.7 Å². The quantitative estimate of drug-likeness (QED) is 0.780. The largest absolute Gasteiger partial charge is 0.468 e. The van der Waals surface area contributed by atoms with Crippen molar-refractivity contribution in [3.05, 3.63) is 0 Å². The molecular formula is C11H18F3NO2. The molecule has 0 aromatic heterocycles. The molecule has 0 heterocycles. The number of alkyl halides is 3. The average Bonchev–Trinajstić information content (AvgIpc) is 2.13. The highest BCUT2D eigenvalue weighted by Crippen LogP contribution is 2.43. The van der Waals surface area contributed by atoms with Crippen LogP contribution in [0.25, 0.3) is 0 Å². The van der Waals surface area contributed by atoms with Gasteiger partial charge in [0.2, 0.25) is 0 Å². The number of carbonyl (C=O) groups excluding carboxylic acids is 1. The summed E-state index contributed by atoms with van der Waals surface area (Å²) in [4.78, 5) is 11.5. The number of methoxy groups -OCH3 is 1. The highest BCUT2D eigenvalue weighted by atomic mass is 19.4. The third kappa shape index (κ3) is 3.34. The molecule has 1 aliphatic carbocycles. The molecule has 0 saturated heterocycles. The van der Waals surface area contributed by atoms with E-state index in [-0.39, 0.29) is 5.92 Å². The summed E-state index contributed by atoms with van der Waals surface area (Å²) in [5.74, 6) is 0.0361. The first kappa shape index (κ1) is 14.3. The number of hydrogen-bond acceptors (Lipinski definition) is 3. The van der Waals surface area contributed by atoms with Crippen molar-refractivity contribution in [3.63, 3.8) is 0 Å². The maximum Gasteiger partial charge on any atom is 0.401 e. The van der Waals surface area contributed by atoms with Crippen LogP contribution < -0.4 is 5.32 Å². The van der Waals surface area contributed by atoms with Crippen molar-refractivity contribution in [1.82, 2.24) is 5.32 Å². The predicted octanol–water partition coefficient (Wildman–Crippen LogP) is 2.12. The number of nitrogens with one attached hydrogen (secondary N) is 1. The van der Waals surface area contributed by atoms with Gasteiger partial charge in [0.15, 0.2) is 0 Å². The van der Waals surface area contributed by atoms with Crippen LogP contribution in [-0.4, -0.2) is 31.3 Å². The first-order valence-electron chi connectivity index (χ1n) is 5.60. The van der Waals surface area contributed by atoms with Crippen molar-refractivity contribution in [2.45, 2.75) is 38.4 Å². The standard InChI is InChI=1S/C11H18F3NO2/c1-7(2)8-4-10(5-8,9(16)17-3)15-6-11(12,13)14/h7-8,15H,4-6H2,1-3H3. The third-order valence-corrected chi connectivity index (χ3v) is 3.37. The third-order valence-electron chi connectivity index (χ3n) is 3.37. The molecule has 0 spiro atoms. The van der Waals surface area contributed by atoms with Gasteiger partial charge in [-0.15, -0.1) is 0 Å². The lowest BCUT2D eigenvalue weighted by Crippen LogP contribution is -2.63. The van der Waals surface area contributed by atoms with Gasteiger partial charge in [-0.05, 0) is 24.7 Å². The summed E-state index contributed by atoms with van der Waals surface area (Å²) in [7, 11) is 1.20. The molecule has 0 bridgehead atoms. The lowest BCUT2D eigenvalue weighted by Gasteiger charge is -2.47. The molecule has 1 rings (SSSR count). The number of halogens is 3. The minimum Gasteiger partial charge on any atom is -0.468 e.